The number of amides is 1. The summed E-state index contributed by atoms with van der Waals surface area (Å²) in [5.74, 6) is 0.467. The Morgan fingerprint density at radius 2 is 1.89 bits per heavy atom. The van der Waals surface area contributed by atoms with Crippen LogP contribution in [0.15, 0.2) is 79.1 Å². The molecule has 0 bridgehead atoms. The Bertz CT molecular complexity index is 1100. The van der Waals surface area contributed by atoms with Crippen LogP contribution in [-0.2, 0) is 4.79 Å². The first kappa shape index (κ1) is 17.8. The molecule has 4 rings (SSSR count). The van der Waals surface area contributed by atoms with Crippen LogP contribution in [0.5, 0.6) is 5.75 Å². The highest BCUT2D eigenvalue weighted by atomic mass is 16.5. The SMILES string of the molecule is Cc1cccc(OC(C)C(=O)Nc2ccccc2-c2cn3ccccc3n2)c1. The maximum atomic E-state index is 12.7. The van der Waals surface area contributed by atoms with Crippen LogP contribution in [0.25, 0.3) is 16.9 Å². The predicted molar refractivity (Wildman–Crippen MR) is 111 cm³/mol. The second-order valence-electron chi connectivity index (χ2n) is 6.70. The third-order valence-electron chi connectivity index (χ3n) is 4.50. The molecule has 1 atom stereocenters. The zero-order chi connectivity index (χ0) is 19.5. The number of imidazole rings is 1. The van der Waals surface area contributed by atoms with Gasteiger partial charge in [0.05, 0.1) is 11.4 Å². The zero-order valence-electron chi connectivity index (χ0n) is 15.8. The van der Waals surface area contributed by atoms with E-state index in [-0.39, 0.29) is 5.91 Å². The summed E-state index contributed by atoms with van der Waals surface area (Å²) in [6, 6.07) is 21.2. The Labute approximate surface area is 163 Å². The Balaban J connectivity index is 1.55. The summed E-state index contributed by atoms with van der Waals surface area (Å²) in [6.45, 7) is 3.73. The molecule has 5 heteroatoms. The predicted octanol–water partition coefficient (Wildman–Crippen LogP) is 4.72. The topological polar surface area (TPSA) is 55.6 Å². The van der Waals surface area contributed by atoms with Gasteiger partial charge in [-0.3, -0.25) is 4.79 Å². The smallest absolute Gasteiger partial charge is 0.265 e. The number of aromatic nitrogens is 2. The summed E-state index contributed by atoms with van der Waals surface area (Å²) in [6.07, 6.45) is 3.27. The van der Waals surface area contributed by atoms with Crippen molar-refractivity contribution in [2.75, 3.05) is 5.32 Å². The highest BCUT2D eigenvalue weighted by molar-refractivity contribution is 5.97. The summed E-state index contributed by atoms with van der Waals surface area (Å²) in [5, 5.41) is 2.97. The maximum Gasteiger partial charge on any atom is 0.265 e. The molecule has 4 aromatic rings. The molecule has 0 radical (unpaired) electrons. The number of pyridine rings is 1. The van der Waals surface area contributed by atoms with Crippen molar-refractivity contribution in [3.8, 4) is 17.0 Å². The Morgan fingerprint density at radius 1 is 1.07 bits per heavy atom. The third-order valence-corrected chi connectivity index (χ3v) is 4.50. The maximum absolute atomic E-state index is 12.7. The van der Waals surface area contributed by atoms with Gasteiger partial charge < -0.3 is 14.5 Å². The number of hydrogen-bond donors (Lipinski definition) is 1. The fraction of sp³-hybridized carbons (Fsp3) is 0.130. The van der Waals surface area contributed by atoms with Gasteiger partial charge in [-0.15, -0.1) is 0 Å². The van der Waals surface area contributed by atoms with E-state index in [1.807, 2.05) is 90.4 Å². The lowest BCUT2D eigenvalue weighted by Crippen LogP contribution is -2.30. The molecule has 0 spiro atoms. The second-order valence-corrected chi connectivity index (χ2v) is 6.70. The molecule has 2 aromatic heterocycles. The molecule has 0 fully saturated rings. The third kappa shape index (κ3) is 3.74. The summed E-state index contributed by atoms with van der Waals surface area (Å²) in [7, 11) is 0. The summed E-state index contributed by atoms with van der Waals surface area (Å²) in [5.41, 5.74) is 4.31. The van der Waals surface area contributed by atoms with E-state index in [1.54, 1.807) is 6.92 Å². The Morgan fingerprint density at radius 3 is 2.71 bits per heavy atom. The fourth-order valence-electron chi connectivity index (χ4n) is 3.06. The van der Waals surface area contributed by atoms with Gasteiger partial charge in [0.15, 0.2) is 6.10 Å². The van der Waals surface area contributed by atoms with Crippen LogP contribution < -0.4 is 10.1 Å². The van der Waals surface area contributed by atoms with Gasteiger partial charge in [0.2, 0.25) is 0 Å². The molecular formula is C23H21N3O2. The van der Waals surface area contributed by atoms with Crippen molar-refractivity contribution in [2.45, 2.75) is 20.0 Å². The molecule has 0 saturated heterocycles. The van der Waals surface area contributed by atoms with Crippen molar-refractivity contribution in [1.82, 2.24) is 9.38 Å². The lowest BCUT2D eigenvalue weighted by molar-refractivity contribution is -0.122. The summed E-state index contributed by atoms with van der Waals surface area (Å²) in [4.78, 5) is 17.3. The van der Waals surface area contributed by atoms with Gasteiger partial charge >= 0.3 is 0 Å². The van der Waals surface area contributed by atoms with E-state index in [2.05, 4.69) is 10.3 Å². The number of carbonyl (C=O) groups excluding carboxylic acids is 1. The van der Waals surface area contributed by atoms with E-state index in [9.17, 15) is 4.79 Å². The highest BCUT2D eigenvalue weighted by Gasteiger charge is 2.17. The molecule has 2 aromatic carbocycles. The lowest BCUT2D eigenvalue weighted by Gasteiger charge is -2.16. The van der Waals surface area contributed by atoms with E-state index in [1.165, 1.54) is 0 Å². The van der Waals surface area contributed by atoms with Gasteiger partial charge in [0.1, 0.15) is 11.4 Å². The number of carbonyl (C=O) groups is 1. The number of benzene rings is 2. The Kier molecular flexibility index (Phi) is 4.81. The van der Waals surface area contributed by atoms with E-state index in [0.29, 0.717) is 11.4 Å². The van der Waals surface area contributed by atoms with E-state index < -0.39 is 6.10 Å². The van der Waals surface area contributed by atoms with Crippen molar-refractivity contribution < 1.29 is 9.53 Å². The number of ether oxygens (including phenoxy) is 1. The molecule has 28 heavy (non-hydrogen) atoms. The van der Waals surface area contributed by atoms with E-state index >= 15 is 0 Å². The van der Waals surface area contributed by atoms with E-state index in [4.69, 9.17) is 4.74 Å². The van der Waals surface area contributed by atoms with Crippen LogP contribution in [0.3, 0.4) is 0 Å². The number of aryl methyl sites for hydroxylation is 1. The van der Waals surface area contributed by atoms with Crippen LogP contribution in [-0.4, -0.2) is 21.4 Å². The monoisotopic (exact) mass is 371 g/mol. The minimum Gasteiger partial charge on any atom is -0.481 e. The summed E-state index contributed by atoms with van der Waals surface area (Å²) >= 11 is 0. The molecular weight excluding hydrogens is 350 g/mol. The average molecular weight is 371 g/mol. The van der Waals surface area contributed by atoms with Crippen LogP contribution in [0.1, 0.15) is 12.5 Å². The zero-order valence-corrected chi connectivity index (χ0v) is 15.8. The largest absolute Gasteiger partial charge is 0.481 e. The molecule has 0 aliphatic heterocycles. The van der Waals surface area contributed by atoms with Crippen molar-refractivity contribution >= 4 is 17.2 Å². The van der Waals surface area contributed by atoms with Gasteiger partial charge in [-0.1, -0.05) is 36.4 Å². The highest BCUT2D eigenvalue weighted by Crippen LogP contribution is 2.27. The molecule has 0 saturated carbocycles. The minimum atomic E-state index is -0.629. The van der Waals surface area contributed by atoms with Gasteiger partial charge in [-0.2, -0.15) is 0 Å². The van der Waals surface area contributed by atoms with Gasteiger partial charge in [-0.05, 0) is 49.7 Å². The number of nitrogens with zero attached hydrogens (tertiary/aromatic N) is 2. The number of anilines is 1. The first-order valence-electron chi connectivity index (χ1n) is 9.17. The molecule has 0 aliphatic carbocycles. The average Bonchev–Trinajstić information content (AvgIpc) is 3.12. The van der Waals surface area contributed by atoms with Gasteiger partial charge in [0, 0.05) is 18.0 Å². The number of para-hydroxylation sites is 1. The molecule has 1 N–H and O–H groups in total. The van der Waals surface area contributed by atoms with Crippen LogP contribution in [0, 0.1) is 6.92 Å². The van der Waals surface area contributed by atoms with Gasteiger partial charge in [0.25, 0.3) is 5.91 Å². The molecule has 1 amide bonds. The van der Waals surface area contributed by atoms with Crippen LogP contribution in [0.4, 0.5) is 5.69 Å². The van der Waals surface area contributed by atoms with E-state index in [0.717, 1.165) is 22.5 Å². The van der Waals surface area contributed by atoms with Crippen molar-refractivity contribution in [1.29, 1.82) is 0 Å². The minimum absolute atomic E-state index is 0.210. The first-order chi connectivity index (χ1) is 13.6. The standard InChI is InChI=1S/C23H21N3O2/c1-16-8-7-9-18(14-16)28-17(2)23(27)25-20-11-4-3-10-19(20)21-15-26-13-6-5-12-22(26)24-21/h3-15,17H,1-2H3,(H,25,27). The molecule has 5 nitrogen and oxygen atoms in total. The lowest BCUT2D eigenvalue weighted by atomic mass is 10.1. The quantitative estimate of drug-likeness (QED) is 0.552. The van der Waals surface area contributed by atoms with Crippen LogP contribution >= 0.6 is 0 Å². The fourth-order valence-corrected chi connectivity index (χ4v) is 3.06. The van der Waals surface area contributed by atoms with Crippen molar-refractivity contribution in [3.63, 3.8) is 0 Å². The molecule has 2 heterocycles. The molecule has 1 unspecified atom stereocenters. The molecule has 0 aliphatic rings. The normalized spacial score (nSPS) is 11.9. The number of rotatable bonds is 5. The Hall–Kier alpha value is -3.60. The van der Waals surface area contributed by atoms with Gasteiger partial charge in [-0.25, -0.2) is 4.98 Å². The summed E-state index contributed by atoms with van der Waals surface area (Å²) < 4.78 is 7.75. The first-order valence-corrected chi connectivity index (χ1v) is 9.17. The number of hydrogen-bond acceptors (Lipinski definition) is 3. The van der Waals surface area contributed by atoms with Crippen molar-refractivity contribution in [2.24, 2.45) is 0 Å². The number of fused-ring (bicyclic) bond motifs is 1. The van der Waals surface area contributed by atoms with Crippen molar-refractivity contribution in [3.05, 3.63) is 84.7 Å². The number of nitrogens with one attached hydrogen (secondary N) is 1. The van der Waals surface area contributed by atoms with Crippen LogP contribution in [0.2, 0.25) is 0 Å². The molecule has 140 valence electrons. The second kappa shape index (κ2) is 7.56.